The summed E-state index contributed by atoms with van der Waals surface area (Å²) in [5.41, 5.74) is 0.655. The zero-order valence-electron chi connectivity index (χ0n) is 14.9. The molecule has 0 radical (unpaired) electrons. The maximum Gasteiger partial charge on any atom is 0.261 e. The normalized spacial score (nSPS) is 15.3. The second-order valence-corrected chi connectivity index (χ2v) is 8.92. The van der Waals surface area contributed by atoms with E-state index in [1.165, 1.54) is 37.5 Å². The number of hydrogen-bond donors (Lipinski definition) is 2. The Labute approximate surface area is 165 Å². The largest absolute Gasteiger partial charge is 0.352 e. The topological polar surface area (TPSA) is 75.3 Å². The van der Waals surface area contributed by atoms with Crippen LogP contribution >= 0.6 is 11.6 Å². The van der Waals surface area contributed by atoms with Gasteiger partial charge in [0.1, 0.15) is 0 Å². The van der Waals surface area contributed by atoms with Crippen molar-refractivity contribution in [2.24, 2.45) is 5.92 Å². The molecule has 1 aliphatic rings. The van der Waals surface area contributed by atoms with Gasteiger partial charge in [-0.3, -0.25) is 9.52 Å². The molecule has 0 unspecified atom stereocenters. The van der Waals surface area contributed by atoms with Crippen LogP contribution in [0.4, 0.5) is 5.69 Å². The number of sulfonamides is 1. The molecule has 0 heterocycles. The van der Waals surface area contributed by atoms with Crippen LogP contribution in [0.15, 0.2) is 53.4 Å². The molecule has 1 amide bonds. The van der Waals surface area contributed by atoms with E-state index < -0.39 is 10.0 Å². The first-order valence-corrected chi connectivity index (χ1v) is 11.0. The molecule has 27 heavy (non-hydrogen) atoms. The molecule has 7 heteroatoms. The molecule has 0 atom stereocenters. The minimum absolute atomic E-state index is 0.162. The van der Waals surface area contributed by atoms with Gasteiger partial charge in [-0.2, -0.15) is 0 Å². The van der Waals surface area contributed by atoms with Gasteiger partial charge in [-0.25, -0.2) is 8.42 Å². The Morgan fingerprint density at radius 1 is 1.04 bits per heavy atom. The fraction of sp³-hybridized carbons (Fsp3) is 0.350. The van der Waals surface area contributed by atoms with Crippen molar-refractivity contribution in [2.45, 2.75) is 37.0 Å². The lowest BCUT2D eigenvalue weighted by Crippen LogP contribution is -2.30. The summed E-state index contributed by atoms with van der Waals surface area (Å²) < 4.78 is 27.2. The number of nitrogens with one attached hydrogen (secondary N) is 2. The van der Waals surface area contributed by atoms with Crippen molar-refractivity contribution < 1.29 is 13.2 Å². The highest BCUT2D eigenvalue weighted by atomic mass is 35.5. The Morgan fingerprint density at radius 3 is 2.41 bits per heavy atom. The number of halogens is 1. The molecule has 1 fully saturated rings. The third-order valence-corrected chi connectivity index (χ3v) is 6.51. The summed E-state index contributed by atoms with van der Waals surface area (Å²) in [5, 5.41) is 3.15. The quantitative estimate of drug-likeness (QED) is 0.744. The molecule has 2 N–H and O–H groups in total. The van der Waals surface area contributed by atoms with Crippen molar-refractivity contribution in [2.75, 3.05) is 11.3 Å². The predicted octanol–water partition coefficient (Wildman–Crippen LogP) is 4.45. The standard InChI is InChI=1S/C20H23ClN2O3S/c21-19-13-16(23-27(25,26)17-9-5-2-6-10-17)11-12-18(19)20(24)22-14-15-7-3-1-4-8-15/h2,5-6,9-13,15,23H,1,3-4,7-8,14H2,(H,22,24). The molecular weight excluding hydrogens is 384 g/mol. The average Bonchev–Trinajstić information content (AvgIpc) is 2.67. The molecule has 2 aromatic carbocycles. The molecule has 0 saturated heterocycles. The van der Waals surface area contributed by atoms with Crippen LogP contribution in [0.2, 0.25) is 5.02 Å². The van der Waals surface area contributed by atoms with Gasteiger partial charge in [0.05, 0.1) is 21.2 Å². The van der Waals surface area contributed by atoms with Crippen LogP contribution in [-0.2, 0) is 10.0 Å². The number of rotatable bonds is 6. The Hall–Kier alpha value is -2.05. The first-order valence-electron chi connectivity index (χ1n) is 9.11. The van der Waals surface area contributed by atoms with Crippen LogP contribution in [0.25, 0.3) is 0 Å². The van der Waals surface area contributed by atoms with Gasteiger partial charge in [-0.1, -0.05) is 49.1 Å². The molecule has 2 aromatic rings. The zero-order chi connectivity index (χ0) is 19.3. The van der Waals surface area contributed by atoms with Crippen LogP contribution < -0.4 is 10.0 Å². The van der Waals surface area contributed by atoms with Gasteiger partial charge < -0.3 is 5.32 Å². The summed E-state index contributed by atoms with van der Waals surface area (Å²) in [5.74, 6) is 0.293. The maximum atomic E-state index is 12.4. The van der Waals surface area contributed by atoms with Gasteiger partial charge in [-0.05, 0) is 49.1 Å². The number of carbonyl (C=O) groups excluding carboxylic acids is 1. The summed E-state index contributed by atoms with van der Waals surface area (Å²) in [6.07, 6.45) is 6.01. The lowest BCUT2D eigenvalue weighted by atomic mass is 9.89. The molecule has 0 aliphatic heterocycles. The monoisotopic (exact) mass is 406 g/mol. The van der Waals surface area contributed by atoms with E-state index in [9.17, 15) is 13.2 Å². The van der Waals surface area contributed by atoms with E-state index in [4.69, 9.17) is 11.6 Å². The van der Waals surface area contributed by atoms with Crippen molar-refractivity contribution in [3.63, 3.8) is 0 Å². The van der Waals surface area contributed by atoms with Crippen LogP contribution in [0.3, 0.4) is 0 Å². The lowest BCUT2D eigenvalue weighted by Gasteiger charge is -2.21. The minimum atomic E-state index is -3.70. The molecular formula is C20H23ClN2O3S. The van der Waals surface area contributed by atoms with Gasteiger partial charge in [0.25, 0.3) is 15.9 Å². The van der Waals surface area contributed by atoms with E-state index in [1.54, 1.807) is 30.3 Å². The third-order valence-electron chi connectivity index (χ3n) is 4.80. The highest BCUT2D eigenvalue weighted by Gasteiger charge is 2.18. The lowest BCUT2D eigenvalue weighted by molar-refractivity contribution is 0.0943. The predicted molar refractivity (Wildman–Crippen MR) is 108 cm³/mol. The maximum absolute atomic E-state index is 12.4. The van der Waals surface area contributed by atoms with Gasteiger partial charge in [-0.15, -0.1) is 0 Å². The Balaban J connectivity index is 1.65. The second kappa shape index (κ2) is 8.76. The molecule has 1 saturated carbocycles. The van der Waals surface area contributed by atoms with E-state index in [0.29, 0.717) is 23.7 Å². The average molecular weight is 407 g/mol. The molecule has 0 aromatic heterocycles. The Morgan fingerprint density at radius 2 is 1.74 bits per heavy atom. The molecule has 1 aliphatic carbocycles. The molecule has 5 nitrogen and oxygen atoms in total. The van der Waals surface area contributed by atoms with Crippen molar-refractivity contribution in [1.29, 1.82) is 0 Å². The van der Waals surface area contributed by atoms with Gasteiger partial charge in [0.15, 0.2) is 0 Å². The van der Waals surface area contributed by atoms with Crippen LogP contribution in [0, 0.1) is 5.92 Å². The molecule has 144 valence electrons. The summed E-state index contributed by atoms with van der Waals surface area (Å²) >= 11 is 6.22. The van der Waals surface area contributed by atoms with E-state index >= 15 is 0 Å². The third kappa shape index (κ3) is 5.23. The van der Waals surface area contributed by atoms with Crippen molar-refractivity contribution >= 4 is 33.2 Å². The van der Waals surface area contributed by atoms with Crippen molar-refractivity contribution in [3.8, 4) is 0 Å². The van der Waals surface area contributed by atoms with E-state index in [2.05, 4.69) is 10.0 Å². The number of amides is 1. The minimum Gasteiger partial charge on any atom is -0.352 e. The highest BCUT2D eigenvalue weighted by Crippen LogP contribution is 2.25. The van der Waals surface area contributed by atoms with E-state index in [1.807, 2.05) is 0 Å². The van der Waals surface area contributed by atoms with Crippen molar-refractivity contribution in [1.82, 2.24) is 5.32 Å². The number of anilines is 1. The van der Waals surface area contributed by atoms with E-state index in [-0.39, 0.29) is 15.8 Å². The van der Waals surface area contributed by atoms with Gasteiger partial charge in [0.2, 0.25) is 0 Å². The first-order chi connectivity index (χ1) is 13.0. The number of benzene rings is 2. The van der Waals surface area contributed by atoms with Gasteiger partial charge >= 0.3 is 0 Å². The second-order valence-electron chi connectivity index (χ2n) is 6.83. The summed E-state index contributed by atoms with van der Waals surface area (Å²) in [4.78, 5) is 12.6. The van der Waals surface area contributed by atoms with E-state index in [0.717, 1.165) is 12.8 Å². The van der Waals surface area contributed by atoms with Crippen LogP contribution in [-0.4, -0.2) is 20.9 Å². The SMILES string of the molecule is O=C(NCC1CCCCC1)c1ccc(NS(=O)(=O)c2ccccc2)cc1Cl. The smallest absolute Gasteiger partial charge is 0.261 e. The molecule has 0 spiro atoms. The van der Waals surface area contributed by atoms with Gasteiger partial charge in [0, 0.05) is 6.54 Å². The molecule has 0 bridgehead atoms. The fourth-order valence-electron chi connectivity index (χ4n) is 3.30. The number of hydrogen-bond acceptors (Lipinski definition) is 3. The van der Waals surface area contributed by atoms with Crippen LogP contribution in [0.5, 0.6) is 0 Å². The molecule has 3 rings (SSSR count). The summed E-state index contributed by atoms with van der Waals surface area (Å²) in [6, 6.07) is 12.6. The Bertz CT molecular complexity index is 895. The highest BCUT2D eigenvalue weighted by molar-refractivity contribution is 7.92. The summed E-state index contributed by atoms with van der Waals surface area (Å²) in [7, 11) is -3.70. The van der Waals surface area contributed by atoms with Crippen LogP contribution in [0.1, 0.15) is 42.5 Å². The Kier molecular flexibility index (Phi) is 6.39. The summed E-state index contributed by atoms with van der Waals surface area (Å²) in [6.45, 7) is 0.650. The number of carbonyl (C=O) groups is 1. The zero-order valence-corrected chi connectivity index (χ0v) is 16.5. The fourth-order valence-corrected chi connectivity index (χ4v) is 4.64. The van der Waals surface area contributed by atoms with Crippen molar-refractivity contribution in [3.05, 3.63) is 59.1 Å². The first kappa shape index (κ1) is 19.7.